The van der Waals surface area contributed by atoms with Gasteiger partial charge < -0.3 is 14.0 Å². The molecule has 7 heteroatoms. The van der Waals surface area contributed by atoms with Crippen LogP contribution in [-0.4, -0.2) is 30.4 Å². The molecule has 0 fully saturated rings. The maximum Gasteiger partial charge on any atom is 0.248 e. The van der Waals surface area contributed by atoms with Crippen LogP contribution < -0.4 is 14.3 Å². The molecule has 0 aliphatic heterocycles. The van der Waals surface area contributed by atoms with Crippen LogP contribution in [0.3, 0.4) is 0 Å². The van der Waals surface area contributed by atoms with E-state index in [0.717, 1.165) is 33.9 Å². The number of thiazole rings is 1. The number of benzene rings is 2. The highest BCUT2D eigenvalue weighted by Gasteiger charge is 2.15. The van der Waals surface area contributed by atoms with Crippen LogP contribution in [0.2, 0.25) is 0 Å². The number of aryl methyl sites for hydroxylation is 2. The molecule has 0 unspecified atom stereocenters. The predicted octanol–water partition coefficient (Wildman–Crippen LogP) is 5.05. The van der Waals surface area contributed by atoms with Gasteiger partial charge in [-0.15, -0.1) is 11.8 Å². The summed E-state index contributed by atoms with van der Waals surface area (Å²) in [4.78, 5) is 18.8. The van der Waals surface area contributed by atoms with Gasteiger partial charge in [0.25, 0.3) is 0 Å². The first-order valence-corrected chi connectivity index (χ1v) is 11.4. The van der Waals surface area contributed by atoms with Crippen molar-refractivity contribution in [2.75, 3.05) is 20.0 Å². The van der Waals surface area contributed by atoms with E-state index < -0.39 is 0 Å². The van der Waals surface area contributed by atoms with Gasteiger partial charge in [-0.25, -0.2) is 0 Å². The number of nitrogens with zero attached hydrogens (tertiary/aromatic N) is 2. The molecule has 0 radical (unpaired) electrons. The molecule has 0 saturated heterocycles. The Bertz CT molecular complexity index is 1050. The predicted molar refractivity (Wildman–Crippen MR) is 120 cm³/mol. The zero-order chi connectivity index (χ0) is 20.8. The largest absolute Gasteiger partial charge is 0.495 e. The van der Waals surface area contributed by atoms with Crippen molar-refractivity contribution < 1.29 is 14.3 Å². The van der Waals surface area contributed by atoms with E-state index >= 15 is 0 Å². The molecule has 0 bridgehead atoms. The molecule has 1 aromatic heterocycles. The van der Waals surface area contributed by atoms with Crippen molar-refractivity contribution in [2.24, 2.45) is 4.99 Å². The number of ether oxygens (including phenoxy) is 2. The molecule has 3 aromatic rings. The Kier molecular flexibility index (Phi) is 7.39. The Morgan fingerprint density at radius 2 is 1.79 bits per heavy atom. The molecular formula is C22H26N2O3S2. The summed E-state index contributed by atoms with van der Waals surface area (Å²) in [5, 5.41) is 0. The number of carbonyl (C=O) groups is 1. The van der Waals surface area contributed by atoms with Crippen LogP contribution in [0.5, 0.6) is 11.5 Å². The van der Waals surface area contributed by atoms with Gasteiger partial charge in [-0.1, -0.05) is 29.0 Å². The molecular weight excluding hydrogens is 404 g/mol. The SMILES string of the molecule is CCn1c(=NC(=O)CCCSc2ccc(C)cc2)sc2c(OC)ccc(OC)c21. The standard InChI is InChI=1S/C22H26N2O3S2/c1-5-24-20-17(26-3)12-13-18(27-4)21(20)29-22(24)23-19(25)7-6-14-28-16-10-8-15(2)9-11-16/h8-13H,5-7,14H2,1-4H3. The van der Waals surface area contributed by atoms with Crippen LogP contribution >= 0.6 is 23.1 Å². The molecule has 1 heterocycles. The second-order valence-corrected chi connectivity index (χ2v) is 8.69. The second-order valence-electron chi connectivity index (χ2n) is 6.55. The van der Waals surface area contributed by atoms with Gasteiger partial charge in [-0.3, -0.25) is 4.79 Å². The second kappa shape index (κ2) is 9.98. The van der Waals surface area contributed by atoms with E-state index in [-0.39, 0.29) is 5.91 Å². The Labute approximate surface area is 179 Å². The van der Waals surface area contributed by atoms with Crippen molar-refractivity contribution >= 4 is 39.2 Å². The maximum absolute atomic E-state index is 12.5. The number of hydrogen-bond donors (Lipinski definition) is 0. The van der Waals surface area contributed by atoms with E-state index in [9.17, 15) is 4.79 Å². The van der Waals surface area contributed by atoms with Crippen molar-refractivity contribution in [2.45, 2.75) is 38.1 Å². The average Bonchev–Trinajstić information content (AvgIpc) is 3.09. The van der Waals surface area contributed by atoms with Gasteiger partial charge in [-0.05, 0) is 50.3 Å². The molecule has 0 aliphatic carbocycles. The summed E-state index contributed by atoms with van der Waals surface area (Å²) in [5.41, 5.74) is 2.17. The molecule has 1 amide bonds. The lowest BCUT2D eigenvalue weighted by Crippen LogP contribution is -2.16. The lowest BCUT2D eigenvalue weighted by Gasteiger charge is -2.08. The number of fused-ring (bicyclic) bond motifs is 1. The van der Waals surface area contributed by atoms with Gasteiger partial charge in [0.2, 0.25) is 5.91 Å². The van der Waals surface area contributed by atoms with E-state index in [4.69, 9.17) is 9.47 Å². The van der Waals surface area contributed by atoms with Gasteiger partial charge in [0.1, 0.15) is 21.7 Å². The number of amides is 1. The molecule has 29 heavy (non-hydrogen) atoms. The van der Waals surface area contributed by atoms with Crippen molar-refractivity contribution in [3.05, 3.63) is 46.8 Å². The Morgan fingerprint density at radius 1 is 1.10 bits per heavy atom. The van der Waals surface area contributed by atoms with Crippen molar-refractivity contribution in [1.29, 1.82) is 0 Å². The van der Waals surface area contributed by atoms with Crippen LogP contribution in [0.25, 0.3) is 10.2 Å². The lowest BCUT2D eigenvalue weighted by atomic mass is 10.2. The van der Waals surface area contributed by atoms with Gasteiger partial charge in [0.05, 0.1) is 14.2 Å². The summed E-state index contributed by atoms with van der Waals surface area (Å²) in [6.45, 7) is 4.81. The van der Waals surface area contributed by atoms with Crippen LogP contribution in [0.15, 0.2) is 46.3 Å². The quantitative estimate of drug-likeness (QED) is 0.371. The highest BCUT2D eigenvalue weighted by Crippen LogP contribution is 2.35. The van der Waals surface area contributed by atoms with Gasteiger partial charge in [0.15, 0.2) is 4.80 Å². The first-order chi connectivity index (χ1) is 14.1. The third-order valence-corrected chi connectivity index (χ3v) is 6.74. The zero-order valence-corrected chi connectivity index (χ0v) is 18.9. The maximum atomic E-state index is 12.5. The minimum absolute atomic E-state index is 0.0961. The Morgan fingerprint density at radius 3 is 2.45 bits per heavy atom. The normalized spacial score (nSPS) is 11.8. The van der Waals surface area contributed by atoms with E-state index in [2.05, 4.69) is 36.2 Å². The molecule has 3 rings (SSSR count). The molecule has 5 nitrogen and oxygen atoms in total. The summed E-state index contributed by atoms with van der Waals surface area (Å²) in [7, 11) is 3.29. The van der Waals surface area contributed by atoms with Gasteiger partial charge in [0, 0.05) is 17.9 Å². The smallest absolute Gasteiger partial charge is 0.248 e. The topological polar surface area (TPSA) is 52.8 Å². The fourth-order valence-corrected chi connectivity index (χ4v) is 5.12. The number of methoxy groups -OCH3 is 2. The zero-order valence-electron chi connectivity index (χ0n) is 17.2. The molecule has 0 aliphatic rings. The molecule has 0 spiro atoms. The van der Waals surface area contributed by atoms with Crippen LogP contribution in [0, 0.1) is 6.92 Å². The third kappa shape index (κ3) is 5.03. The molecule has 154 valence electrons. The summed E-state index contributed by atoms with van der Waals surface area (Å²) < 4.78 is 14.0. The first-order valence-electron chi connectivity index (χ1n) is 9.58. The minimum Gasteiger partial charge on any atom is -0.495 e. The fourth-order valence-electron chi connectivity index (χ4n) is 3.04. The van der Waals surface area contributed by atoms with E-state index in [1.807, 2.05) is 23.6 Å². The first kappa shape index (κ1) is 21.5. The highest BCUT2D eigenvalue weighted by molar-refractivity contribution is 7.99. The van der Waals surface area contributed by atoms with Crippen molar-refractivity contribution in [1.82, 2.24) is 4.57 Å². The molecule has 0 saturated carbocycles. The number of thioether (sulfide) groups is 1. The lowest BCUT2D eigenvalue weighted by molar-refractivity contribution is -0.118. The van der Waals surface area contributed by atoms with Crippen LogP contribution in [0.1, 0.15) is 25.3 Å². The monoisotopic (exact) mass is 430 g/mol. The fraction of sp³-hybridized carbons (Fsp3) is 0.364. The average molecular weight is 431 g/mol. The van der Waals surface area contributed by atoms with Crippen LogP contribution in [-0.2, 0) is 11.3 Å². The summed E-state index contributed by atoms with van der Waals surface area (Å²) in [6, 6.07) is 12.2. The minimum atomic E-state index is -0.0961. The third-order valence-electron chi connectivity index (χ3n) is 4.55. The number of hydrogen-bond acceptors (Lipinski definition) is 5. The van der Waals surface area contributed by atoms with Crippen molar-refractivity contribution in [3.63, 3.8) is 0 Å². The van der Waals surface area contributed by atoms with E-state index in [1.165, 1.54) is 21.8 Å². The highest BCUT2D eigenvalue weighted by atomic mass is 32.2. The van der Waals surface area contributed by atoms with E-state index in [0.29, 0.717) is 17.8 Å². The van der Waals surface area contributed by atoms with Crippen molar-refractivity contribution in [3.8, 4) is 11.5 Å². The Balaban J connectivity index is 1.74. The van der Waals surface area contributed by atoms with Gasteiger partial charge >= 0.3 is 0 Å². The summed E-state index contributed by atoms with van der Waals surface area (Å²) in [5.74, 6) is 2.31. The van der Waals surface area contributed by atoms with E-state index in [1.54, 1.807) is 26.0 Å². The molecule has 0 N–H and O–H groups in total. The Hall–Kier alpha value is -2.25. The number of aromatic nitrogens is 1. The van der Waals surface area contributed by atoms with Crippen LogP contribution in [0.4, 0.5) is 0 Å². The number of rotatable bonds is 8. The number of carbonyl (C=O) groups excluding carboxylic acids is 1. The molecule has 2 aromatic carbocycles. The van der Waals surface area contributed by atoms with Gasteiger partial charge in [-0.2, -0.15) is 4.99 Å². The summed E-state index contributed by atoms with van der Waals surface area (Å²) in [6.07, 6.45) is 1.23. The molecule has 0 atom stereocenters. The summed E-state index contributed by atoms with van der Waals surface area (Å²) >= 11 is 3.23.